The molecule has 0 unspecified atom stereocenters. The van der Waals surface area contributed by atoms with E-state index in [1.54, 1.807) is 11.3 Å². The molecule has 3 rings (SSSR count). The third-order valence-corrected chi connectivity index (χ3v) is 6.39. The zero-order valence-corrected chi connectivity index (χ0v) is 17.7. The molecule has 0 aliphatic carbocycles. The summed E-state index contributed by atoms with van der Waals surface area (Å²) >= 11 is 3.05. The van der Waals surface area contributed by atoms with Gasteiger partial charge in [0, 0.05) is 22.6 Å². The first-order valence-corrected chi connectivity index (χ1v) is 10.8. The van der Waals surface area contributed by atoms with Crippen LogP contribution in [0.3, 0.4) is 0 Å². The summed E-state index contributed by atoms with van der Waals surface area (Å²) in [6, 6.07) is 10.6. The fourth-order valence-corrected chi connectivity index (χ4v) is 4.88. The van der Waals surface area contributed by atoms with Gasteiger partial charge in [-0.2, -0.15) is 5.26 Å². The Morgan fingerprint density at radius 3 is 2.59 bits per heavy atom. The van der Waals surface area contributed by atoms with Crippen LogP contribution in [-0.4, -0.2) is 15.7 Å². The molecule has 1 aromatic carbocycles. The minimum atomic E-state index is -0.0953. The first kappa shape index (κ1) is 19.7. The van der Waals surface area contributed by atoms with Gasteiger partial charge >= 0.3 is 0 Å². The number of thiophene rings is 1. The van der Waals surface area contributed by atoms with Crippen molar-refractivity contribution in [2.24, 2.45) is 0 Å². The van der Waals surface area contributed by atoms with Crippen molar-refractivity contribution in [3.05, 3.63) is 45.1 Å². The molecule has 0 radical (unpaired) electrons. The number of nitriles is 1. The minimum absolute atomic E-state index is 0.0953. The maximum absolute atomic E-state index is 12.8. The zero-order valence-electron chi connectivity index (χ0n) is 16.0. The molecule has 0 aliphatic heterocycles. The number of nitrogens with zero attached hydrogens (tertiary/aromatic N) is 2. The average Bonchev–Trinajstić information content (AvgIpc) is 2.94. The van der Waals surface area contributed by atoms with E-state index in [9.17, 15) is 4.79 Å². The van der Waals surface area contributed by atoms with Crippen molar-refractivity contribution in [3.63, 3.8) is 0 Å². The predicted octanol–water partition coefficient (Wildman–Crippen LogP) is 5.65. The maximum atomic E-state index is 12.8. The summed E-state index contributed by atoms with van der Waals surface area (Å²) in [5.74, 6) is 0.771. The fraction of sp³-hybridized carbons (Fsp3) is 0.381. The van der Waals surface area contributed by atoms with Crippen LogP contribution in [0.2, 0.25) is 0 Å². The highest BCUT2D eigenvalue weighted by Crippen LogP contribution is 2.37. The monoisotopic (exact) mass is 397 g/mol. The molecule has 4 nitrogen and oxygen atoms in total. The van der Waals surface area contributed by atoms with Crippen LogP contribution in [0.1, 0.15) is 44.1 Å². The zero-order chi connectivity index (χ0) is 19.6. The van der Waals surface area contributed by atoms with E-state index >= 15 is 0 Å². The van der Waals surface area contributed by atoms with E-state index in [-0.39, 0.29) is 11.0 Å². The van der Waals surface area contributed by atoms with Crippen LogP contribution in [-0.2, 0) is 5.41 Å². The van der Waals surface area contributed by atoms with Gasteiger partial charge in [-0.1, -0.05) is 56.8 Å². The van der Waals surface area contributed by atoms with Crippen molar-refractivity contribution in [2.45, 2.75) is 51.1 Å². The number of fused-ring (bicyclic) bond motifs is 1. The van der Waals surface area contributed by atoms with Gasteiger partial charge in [-0.05, 0) is 29.9 Å². The molecule has 2 heterocycles. The third kappa shape index (κ3) is 4.26. The van der Waals surface area contributed by atoms with Crippen LogP contribution in [0.15, 0.2) is 34.2 Å². The maximum Gasteiger partial charge on any atom is 0.260 e. The van der Waals surface area contributed by atoms with Crippen LogP contribution < -0.4 is 5.56 Å². The van der Waals surface area contributed by atoms with Crippen LogP contribution in [0.25, 0.3) is 21.3 Å². The van der Waals surface area contributed by atoms with Crippen molar-refractivity contribution in [1.29, 1.82) is 5.26 Å². The second kappa shape index (κ2) is 7.87. The highest BCUT2D eigenvalue weighted by atomic mass is 32.2. The molecule has 0 bridgehead atoms. The van der Waals surface area contributed by atoms with Crippen molar-refractivity contribution < 1.29 is 0 Å². The van der Waals surface area contributed by atoms with Crippen LogP contribution in [0.5, 0.6) is 0 Å². The van der Waals surface area contributed by atoms with E-state index in [1.165, 1.54) is 17.3 Å². The number of unbranched alkanes of at least 4 members (excludes halogenated alkanes) is 1. The van der Waals surface area contributed by atoms with Gasteiger partial charge in [0.25, 0.3) is 5.56 Å². The van der Waals surface area contributed by atoms with Crippen molar-refractivity contribution >= 4 is 33.3 Å². The number of aromatic amines is 1. The molecular formula is C21H23N3OS2. The van der Waals surface area contributed by atoms with Gasteiger partial charge in [-0.25, -0.2) is 4.98 Å². The molecule has 0 fully saturated rings. The van der Waals surface area contributed by atoms with Crippen molar-refractivity contribution in [3.8, 4) is 17.2 Å². The summed E-state index contributed by atoms with van der Waals surface area (Å²) in [4.78, 5) is 22.2. The number of rotatable bonds is 5. The molecule has 2 aromatic heterocycles. The number of hydrogen-bond acceptors (Lipinski definition) is 5. The molecule has 0 spiro atoms. The minimum Gasteiger partial charge on any atom is -0.301 e. The van der Waals surface area contributed by atoms with E-state index in [1.807, 2.05) is 6.92 Å². The Morgan fingerprint density at radius 2 is 1.96 bits per heavy atom. The Hall–Kier alpha value is -2.10. The Labute approximate surface area is 167 Å². The van der Waals surface area contributed by atoms with Gasteiger partial charge in [0.05, 0.1) is 11.5 Å². The van der Waals surface area contributed by atoms with Gasteiger partial charge in [0.1, 0.15) is 4.83 Å². The quantitative estimate of drug-likeness (QED) is 0.343. The molecule has 140 valence electrons. The lowest BCUT2D eigenvalue weighted by Crippen LogP contribution is -2.10. The number of benzene rings is 1. The summed E-state index contributed by atoms with van der Waals surface area (Å²) < 4.78 is 0. The number of aromatic nitrogens is 2. The third-order valence-electron chi connectivity index (χ3n) is 4.43. The largest absolute Gasteiger partial charge is 0.301 e. The summed E-state index contributed by atoms with van der Waals surface area (Å²) in [6.45, 7) is 8.62. The standard InChI is InChI=1S/C21H23N3OS2/c1-13-16(14-7-9-15(10-8-14)21(2,3)4)17-18(25)23-20(24-19(17)27-13)26-12-6-5-11-22/h7-10H,5-6,12H2,1-4H3,(H,23,24,25). The molecule has 0 atom stereocenters. The van der Waals surface area contributed by atoms with E-state index in [0.29, 0.717) is 17.0 Å². The predicted molar refractivity (Wildman–Crippen MR) is 115 cm³/mol. The molecular weight excluding hydrogens is 374 g/mol. The summed E-state index contributed by atoms with van der Waals surface area (Å²) in [7, 11) is 0. The summed E-state index contributed by atoms with van der Waals surface area (Å²) in [5, 5.41) is 9.92. The van der Waals surface area contributed by atoms with E-state index in [2.05, 4.69) is 61.1 Å². The first-order chi connectivity index (χ1) is 12.8. The summed E-state index contributed by atoms with van der Waals surface area (Å²) in [5.41, 5.74) is 3.30. The van der Waals surface area contributed by atoms with E-state index < -0.39 is 0 Å². The van der Waals surface area contributed by atoms with Crippen LogP contribution in [0, 0.1) is 18.3 Å². The Kier molecular flexibility index (Phi) is 5.73. The van der Waals surface area contributed by atoms with Gasteiger partial charge in [0.2, 0.25) is 0 Å². The second-order valence-electron chi connectivity index (χ2n) is 7.52. The fourth-order valence-electron chi connectivity index (χ4n) is 2.97. The average molecular weight is 398 g/mol. The molecule has 0 saturated carbocycles. The van der Waals surface area contributed by atoms with Gasteiger partial charge in [-0.3, -0.25) is 4.79 Å². The van der Waals surface area contributed by atoms with Crippen molar-refractivity contribution in [2.75, 3.05) is 5.75 Å². The van der Waals surface area contributed by atoms with E-state index in [4.69, 9.17) is 5.26 Å². The van der Waals surface area contributed by atoms with Gasteiger partial charge < -0.3 is 4.98 Å². The van der Waals surface area contributed by atoms with E-state index in [0.717, 1.165) is 33.0 Å². The molecule has 0 saturated heterocycles. The van der Waals surface area contributed by atoms with Crippen LogP contribution in [0.4, 0.5) is 0 Å². The van der Waals surface area contributed by atoms with Gasteiger partial charge in [-0.15, -0.1) is 11.3 Å². The summed E-state index contributed by atoms with van der Waals surface area (Å²) in [6.07, 6.45) is 1.31. The molecule has 1 N–H and O–H groups in total. The van der Waals surface area contributed by atoms with Gasteiger partial charge in [0.15, 0.2) is 5.16 Å². The molecule has 3 aromatic rings. The lowest BCUT2D eigenvalue weighted by atomic mass is 9.86. The highest BCUT2D eigenvalue weighted by Gasteiger charge is 2.18. The normalized spacial score (nSPS) is 11.7. The number of nitrogens with one attached hydrogen (secondary N) is 1. The molecule has 0 amide bonds. The Balaban J connectivity index is 1.99. The number of thioether (sulfide) groups is 1. The smallest absolute Gasteiger partial charge is 0.260 e. The number of aryl methyl sites for hydroxylation is 1. The Morgan fingerprint density at radius 1 is 1.26 bits per heavy atom. The topological polar surface area (TPSA) is 69.5 Å². The molecule has 0 aliphatic rings. The SMILES string of the molecule is Cc1sc2nc(SCCCC#N)[nH]c(=O)c2c1-c1ccc(C(C)(C)C)cc1. The second-order valence-corrected chi connectivity index (χ2v) is 9.81. The van der Waals surface area contributed by atoms with Crippen LogP contribution >= 0.6 is 23.1 Å². The molecule has 6 heteroatoms. The number of hydrogen-bond donors (Lipinski definition) is 1. The molecule has 27 heavy (non-hydrogen) atoms. The lowest BCUT2D eigenvalue weighted by Gasteiger charge is -2.19. The van der Waals surface area contributed by atoms with Crippen molar-refractivity contribution in [1.82, 2.24) is 9.97 Å². The Bertz CT molecular complexity index is 1050. The highest BCUT2D eigenvalue weighted by molar-refractivity contribution is 7.99. The lowest BCUT2D eigenvalue weighted by molar-refractivity contribution is 0.590. The number of H-pyrrole nitrogens is 1. The first-order valence-electron chi connectivity index (χ1n) is 8.95.